The molecule has 16 heteroatoms. The summed E-state index contributed by atoms with van der Waals surface area (Å²) in [5, 5.41) is 15.2. The highest BCUT2D eigenvalue weighted by Gasteiger charge is 2.27. The van der Waals surface area contributed by atoms with Crippen LogP contribution in [0.15, 0.2) is 24.3 Å². The van der Waals surface area contributed by atoms with E-state index in [4.69, 9.17) is 0 Å². The molecule has 0 bridgehead atoms. The Kier molecular flexibility index (Phi) is 7.78. The van der Waals surface area contributed by atoms with Crippen LogP contribution in [-0.2, 0) is 9.84 Å². The molecule has 0 aliphatic carbocycles. The molecule has 1 aromatic carbocycles. The Morgan fingerprint density at radius 3 is 2.49 bits per heavy atom. The van der Waals surface area contributed by atoms with Gasteiger partial charge in [0.05, 0.1) is 28.3 Å². The summed E-state index contributed by atoms with van der Waals surface area (Å²) in [6.45, 7) is 5.41. The number of fused-ring (bicyclic) bond motifs is 3. The first-order valence-electron chi connectivity index (χ1n) is 12.8. The number of carbonyl (C=O) groups excluding carboxylic acids is 1. The summed E-state index contributed by atoms with van der Waals surface area (Å²) >= 11 is 0. The van der Waals surface area contributed by atoms with Gasteiger partial charge in [-0.25, -0.2) is 31.6 Å². The molecule has 0 spiro atoms. The fraction of sp³-hybridized carbons (Fsp3) is 0.440. The molecule has 0 unspecified atom stereocenters. The number of pyridine rings is 1. The molecule has 0 radical (unpaired) electrons. The molecule has 1 fully saturated rings. The summed E-state index contributed by atoms with van der Waals surface area (Å²) in [7, 11) is -3.10. The van der Waals surface area contributed by atoms with Crippen molar-refractivity contribution in [2.75, 3.05) is 50.0 Å². The fourth-order valence-electron chi connectivity index (χ4n) is 4.83. The van der Waals surface area contributed by atoms with Crippen molar-refractivity contribution < 1.29 is 26.4 Å². The quantitative estimate of drug-likeness (QED) is 0.325. The zero-order valence-electron chi connectivity index (χ0n) is 22.6. The summed E-state index contributed by atoms with van der Waals surface area (Å²) in [5.74, 6) is -0.701. The number of aryl methyl sites for hydroxylation is 1. The molecule has 4 aromatic rings. The van der Waals surface area contributed by atoms with E-state index in [0.29, 0.717) is 49.6 Å². The Balaban J connectivity index is 1.47. The molecule has 1 aliphatic heterocycles. The van der Waals surface area contributed by atoms with Gasteiger partial charge in [0.25, 0.3) is 12.3 Å². The number of carbonyl (C=O) groups is 1. The van der Waals surface area contributed by atoms with Crippen LogP contribution < -0.4 is 5.32 Å². The summed E-state index contributed by atoms with van der Waals surface area (Å²) in [5.41, 5.74) is 0.0207. The van der Waals surface area contributed by atoms with Crippen LogP contribution in [0.25, 0.3) is 16.7 Å². The molecule has 4 heterocycles. The predicted molar refractivity (Wildman–Crippen MR) is 144 cm³/mol. The summed E-state index contributed by atoms with van der Waals surface area (Å²) in [4.78, 5) is 26.2. The van der Waals surface area contributed by atoms with Gasteiger partial charge < -0.3 is 10.2 Å². The van der Waals surface area contributed by atoms with Gasteiger partial charge in [0, 0.05) is 44.5 Å². The lowest BCUT2D eigenvalue weighted by atomic mass is 10.0. The molecule has 0 saturated carbocycles. The number of rotatable bonds is 8. The average Bonchev–Trinajstić information content (AvgIpc) is 3.41. The van der Waals surface area contributed by atoms with Gasteiger partial charge in [-0.1, -0.05) is 18.2 Å². The number of sulfone groups is 1. The maximum Gasteiger partial charge on any atom is 0.266 e. The number of aromatic nitrogens is 6. The lowest BCUT2D eigenvalue weighted by Crippen LogP contribution is -2.49. The summed E-state index contributed by atoms with van der Waals surface area (Å²) in [6.07, 6.45) is -1.77. The molecule has 5 rings (SSSR count). The van der Waals surface area contributed by atoms with E-state index in [9.17, 15) is 26.4 Å². The molecule has 1 aliphatic rings. The minimum absolute atomic E-state index is 0.0285. The van der Waals surface area contributed by atoms with Crippen LogP contribution in [0.5, 0.6) is 0 Å². The molecule has 1 atom stereocenters. The van der Waals surface area contributed by atoms with Crippen LogP contribution in [0.3, 0.4) is 0 Å². The Bertz CT molecular complexity index is 1720. The van der Waals surface area contributed by atoms with Gasteiger partial charge in [-0.2, -0.15) is 4.52 Å². The van der Waals surface area contributed by atoms with E-state index in [1.165, 1.54) is 22.9 Å². The van der Waals surface area contributed by atoms with E-state index in [1.54, 1.807) is 24.8 Å². The lowest BCUT2D eigenvalue weighted by Gasteiger charge is -2.34. The van der Waals surface area contributed by atoms with Crippen molar-refractivity contribution in [3.8, 4) is 0 Å². The van der Waals surface area contributed by atoms with E-state index >= 15 is 0 Å². The Morgan fingerprint density at radius 2 is 1.80 bits per heavy atom. The largest absolute Gasteiger partial charge is 0.363 e. The van der Waals surface area contributed by atoms with Crippen LogP contribution in [-0.4, -0.2) is 98.9 Å². The van der Waals surface area contributed by atoms with E-state index in [2.05, 4.69) is 30.8 Å². The van der Waals surface area contributed by atoms with Crippen molar-refractivity contribution in [3.63, 3.8) is 0 Å². The number of anilines is 1. The molecule has 12 nitrogen and oxygen atoms in total. The third kappa shape index (κ3) is 5.93. The number of hydrogen-bond donors (Lipinski definition) is 1. The number of nitrogens with zero attached hydrogens (tertiary/aromatic N) is 8. The van der Waals surface area contributed by atoms with Gasteiger partial charge in [0.2, 0.25) is 0 Å². The molecular formula is C25H28F3N9O3S. The second kappa shape index (κ2) is 11.2. The second-order valence-electron chi connectivity index (χ2n) is 10.0. The van der Waals surface area contributed by atoms with Crippen molar-refractivity contribution in [2.24, 2.45) is 0 Å². The Labute approximate surface area is 233 Å². The number of halogens is 3. The minimum Gasteiger partial charge on any atom is -0.363 e. The molecule has 218 valence electrons. The van der Waals surface area contributed by atoms with Gasteiger partial charge in [-0.3, -0.25) is 9.69 Å². The normalized spacial score (nSPS) is 15.6. The number of alkyl halides is 2. The molecular weight excluding hydrogens is 563 g/mol. The maximum atomic E-state index is 14.9. The highest BCUT2D eigenvalue weighted by molar-refractivity contribution is 7.90. The molecule has 3 aromatic heterocycles. The third-order valence-corrected chi connectivity index (χ3v) is 7.94. The predicted octanol–water partition coefficient (Wildman–Crippen LogP) is 2.43. The second-order valence-corrected chi connectivity index (χ2v) is 12.3. The Hall–Kier alpha value is -3.92. The first-order chi connectivity index (χ1) is 19.4. The standard InChI is InChI=1S/C25H28F3N9O3S/c1-14(16-5-4-6-17(20(16)26)21(27)28)29-22-18-13-19(24-32-33-34-37(24)23(18)31-15(2)30-22)25(38)36-9-7-35(8-10-36)11-12-41(3,39)40/h4-6,13-14,21H,7-12H2,1-3H3,(H,29,30,31)/t14-/m1/s1. The van der Waals surface area contributed by atoms with Crippen LogP contribution in [0, 0.1) is 12.7 Å². The number of piperazine rings is 1. The highest BCUT2D eigenvalue weighted by atomic mass is 32.2. The molecule has 1 amide bonds. The van der Waals surface area contributed by atoms with Crippen molar-refractivity contribution in [1.82, 2.24) is 39.8 Å². The van der Waals surface area contributed by atoms with E-state index in [1.807, 2.05) is 4.90 Å². The summed E-state index contributed by atoms with van der Waals surface area (Å²) in [6, 6.07) is 4.62. The average molecular weight is 592 g/mol. The van der Waals surface area contributed by atoms with Crippen LogP contribution >= 0.6 is 0 Å². The first-order valence-corrected chi connectivity index (χ1v) is 14.9. The highest BCUT2D eigenvalue weighted by Crippen LogP contribution is 2.31. The monoisotopic (exact) mass is 591 g/mol. The zero-order valence-corrected chi connectivity index (χ0v) is 23.4. The fourth-order valence-corrected chi connectivity index (χ4v) is 5.42. The number of amides is 1. The molecule has 1 N–H and O–H groups in total. The van der Waals surface area contributed by atoms with Crippen molar-refractivity contribution in [2.45, 2.75) is 26.3 Å². The maximum absolute atomic E-state index is 14.9. The molecule has 41 heavy (non-hydrogen) atoms. The number of tetrazole rings is 1. The SMILES string of the molecule is Cc1nc(N[C@H](C)c2cccc(C(F)F)c2F)c2cc(C(=O)N3CCN(CCS(C)(=O)=O)CC3)c3nnnn3c2n1. The third-order valence-electron chi connectivity index (χ3n) is 7.02. The smallest absolute Gasteiger partial charge is 0.266 e. The first kappa shape index (κ1) is 28.6. The molecule has 1 saturated heterocycles. The van der Waals surface area contributed by atoms with Gasteiger partial charge in [-0.05, 0) is 30.3 Å². The van der Waals surface area contributed by atoms with E-state index < -0.39 is 33.7 Å². The van der Waals surface area contributed by atoms with Crippen LogP contribution in [0.4, 0.5) is 19.0 Å². The Morgan fingerprint density at radius 1 is 1.10 bits per heavy atom. The lowest BCUT2D eigenvalue weighted by molar-refractivity contribution is 0.0645. The number of nitrogens with one attached hydrogen (secondary N) is 1. The van der Waals surface area contributed by atoms with E-state index in [-0.39, 0.29) is 34.3 Å². The van der Waals surface area contributed by atoms with E-state index in [0.717, 1.165) is 6.07 Å². The minimum atomic E-state index is -3.10. The van der Waals surface area contributed by atoms with Crippen molar-refractivity contribution in [3.05, 3.63) is 52.6 Å². The van der Waals surface area contributed by atoms with Crippen LogP contribution in [0.1, 0.15) is 46.7 Å². The zero-order chi connectivity index (χ0) is 29.5. The van der Waals surface area contributed by atoms with Gasteiger partial charge >= 0.3 is 0 Å². The number of benzene rings is 1. The van der Waals surface area contributed by atoms with Gasteiger partial charge in [-0.15, -0.1) is 5.10 Å². The topological polar surface area (TPSA) is 139 Å². The van der Waals surface area contributed by atoms with Crippen molar-refractivity contribution >= 4 is 38.2 Å². The van der Waals surface area contributed by atoms with Crippen molar-refractivity contribution in [1.29, 1.82) is 0 Å². The summed E-state index contributed by atoms with van der Waals surface area (Å²) < 4.78 is 65.8. The number of hydrogen-bond acceptors (Lipinski definition) is 10. The van der Waals surface area contributed by atoms with Gasteiger partial charge in [0.1, 0.15) is 27.3 Å². The van der Waals surface area contributed by atoms with Gasteiger partial charge in [0.15, 0.2) is 11.3 Å². The van der Waals surface area contributed by atoms with Crippen LogP contribution in [0.2, 0.25) is 0 Å².